The number of esters is 3. The van der Waals surface area contributed by atoms with Crippen LogP contribution in [0.25, 0.3) is 0 Å². The van der Waals surface area contributed by atoms with Crippen LogP contribution in [0.15, 0.2) is 122 Å². The van der Waals surface area contributed by atoms with Gasteiger partial charge in [-0.3, -0.25) is 14.4 Å². The minimum absolute atomic E-state index is 0.0824. The van der Waals surface area contributed by atoms with Crippen molar-refractivity contribution in [1.29, 1.82) is 0 Å². The minimum Gasteiger partial charge on any atom is -0.462 e. The Kier molecular flexibility index (Phi) is 65.8. The Balaban J connectivity index is 4.14. The minimum atomic E-state index is -0.786. The molecule has 0 radical (unpaired) electrons. The van der Waals surface area contributed by atoms with E-state index in [-0.39, 0.29) is 31.1 Å². The smallest absolute Gasteiger partial charge is 0.306 e. The normalized spacial score (nSPS) is 12.9. The first-order chi connectivity index (χ1) is 40.5. The van der Waals surface area contributed by atoms with Gasteiger partial charge in [-0.15, -0.1) is 0 Å². The molecule has 0 rings (SSSR count). The van der Waals surface area contributed by atoms with Gasteiger partial charge in [0.25, 0.3) is 0 Å². The maximum Gasteiger partial charge on any atom is 0.306 e. The molecule has 1 atom stereocenters. The molecule has 0 aromatic carbocycles. The predicted molar refractivity (Wildman–Crippen MR) is 357 cm³/mol. The summed E-state index contributed by atoms with van der Waals surface area (Å²) in [4.78, 5) is 38.2. The quantitative estimate of drug-likeness (QED) is 0.0261. The van der Waals surface area contributed by atoms with Crippen LogP contribution in [0.2, 0.25) is 0 Å². The Bertz CT molecular complexity index is 1690. The van der Waals surface area contributed by atoms with E-state index in [1.807, 2.05) is 0 Å². The average Bonchev–Trinajstić information content (AvgIpc) is 3.48. The highest BCUT2D eigenvalue weighted by molar-refractivity contribution is 5.71. The molecule has 0 saturated heterocycles. The number of carbonyl (C=O) groups excluding carboxylic acids is 3. The summed E-state index contributed by atoms with van der Waals surface area (Å²) in [5.41, 5.74) is 0. The second-order valence-corrected chi connectivity index (χ2v) is 22.7. The van der Waals surface area contributed by atoms with E-state index in [9.17, 15) is 14.4 Å². The Morgan fingerprint density at radius 3 is 0.744 bits per heavy atom. The van der Waals surface area contributed by atoms with Crippen LogP contribution in [0.5, 0.6) is 0 Å². The summed E-state index contributed by atoms with van der Waals surface area (Å²) < 4.78 is 16.9. The molecular formula is C76H128O6. The van der Waals surface area contributed by atoms with E-state index in [0.717, 1.165) is 135 Å². The lowest BCUT2D eigenvalue weighted by molar-refractivity contribution is -0.167. The van der Waals surface area contributed by atoms with Crippen LogP contribution in [0.1, 0.15) is 323 Å². The van der Waals surface area contributed by atoms with E-state index in [1.54, 1.807) is 0 Å². The molecule has 0 N–H and O–H groups in total. The van der Waals surface area contributed by atoms with Crippen LogP contribution in [-0.4, -0.2) is 37.2 Å². The molecule has 468 valence electrons. The molecule has 0 fully saturated rings. The fraction of sp³-hybridized carbons (Fsp3) is 0.697. The van der Waals surface area contributed by atoms with E-state index in [1.165, 1.54) is 148 Å². The Morgan fingerprint density at radius 1 is 0.256 bits per heavy atom. The van der Waals surface area contributed by atoms with Crippen LogP contribution < -0.4 is 0 Å². The summed E-state index contributed by atoms with van der Waals surface area (Å²) in [7, 11) is 0. The number of hydrogen-bond donors (Lipinski definition) is 0. The number of allylic oxidation sites excluding steroid dienone is 20. The van der Waals surface area contributed by atoms with Gasteiger partial charge in [-0.25, -0.2) is 0 Å². The number of unbranched alkanes of at least 4 members (excludes halogenated alkanes) is 31. The first kappa shape index (κ1) is 77.8. The molecule has 0 aliphatic carbocycles. The van der Waals surface area contributed by atoms with E-state index in [0.29, 0.717) is 19.3 Å². The summed E-state index contributed by atoms with van der Waals surface area (Å²) in [5.74, 6) is -0.891. The molecule has 1 unspecified atom stereocenters. The maximum atomic E-state index is 12.9. The third-order valence-corrected chi connectivity index (χ3v) is 14.7. The fourth-order valence-corrected chi connectivity index (χ4v) is 9.62. The Labute approximate surface area is 507 Å². The van der Waals surface area contributed by atoms with E-state index < -0.39 is 6.10 Å². The van der Waals surface area contributed by atoms with Crippen LogP contribution in [-0.2, 0) is 28.6 Å². The van der Waals surface area contributed by atoms with Gasteiger partial charge in [0.15, 0.2) is 6.10 Å². The van der Waals surface area contributed by atoms with Crippen molar-refractivity contribution < 1.29 is 28.6 Å². The van der Waals surface area contributed by atoms with Gasteiger partial charge in [0.1, 0.15) is 13.2 Å². The first-order valence-electron chi connectivity index (χ1n) is 34.5. The highest BCUT2D eigenvalue weighted by Gasteiger charge is 2.19. The number of rotatable bonds is 62. The maximum absolute atomic E-state index is 12.9. The van der Waals surface area contributed by atoms with Gasteiger partial charge in [0.2, 0.25) is 0 Å². The second kappa shape index (κ2) is 69.3. The van der Waals surface area contributed by atoms with Crippen molar-refractivity contribution in [3.05, 3.63) is 122 Å². The highest BCUT2D eigenvalue weighted by Crippen LogP contribution is 2.17. The summed E-state index contributed by atoms with van der Waals surface area (Å²) >= 11 is 0. The molecule has 82 heavy (non-hydrogen) atoms. The monoisotopic (exact) mass is 1140 g/mol. The van der Waals surface area contributed by atoms with Crippen molar-refractivity contribution in [1.82, 2.24) is 0 Å². The lowest BCUT2D eigenvalue weighted by Gasteiger charge is -2.18. The van der Waals surface area contributed by atoms with Gasteiger partial charge in [-0.2, -0.15) is 0 Å². The van der Waals surface area contributed by atoms with Gasteiger partial charge >= 0.3 is 17.9 Å². The van der Waals surface area contributed by atoms with Crippen molar-refractivity contribution in [2.24, 2.45) is 0 Å². The Morgan fingerprint density at radius 2 is 0.476 bits per heavy atom. The first-order valence-corrected chi connectivity index (χ1v) is 34.5. The van der Waals surface area contributed by atoms with Crippen molar-refractivity contribution in [3.8, 4) is 0 Å². The Hall–Kier alpha value is -4.19. The SMILES string of the molecule is CC/C=C\C/C=C\C/C=C\C/C=C\C/C=C\C/C=C\CCCCCCCCC(=O)OC(COC(=O)CCCCCCCCCC)COC(=O)CCCCCCCCCCCCCCCCCCCC/C=C\C/C=C\C/C=C\C/C=C\CC. The van der Waals surface area contributed by atoms with Crippen LogP contribution in [0.4, 0.5) is 0 Å². The summed E-state index contributed by atoms with van der Waals surface area (Å²) in [6.45, 7) is 6.40. The molecule has 6 heteroatoms. The summed E-state index contributed by atoms with van der Waals surface area (Å²) in [6, 6.07) is 0. The lowest BCUT2D eigenvalue weighted by Crippen LogP contribution is -2.30. The zero-order valence-electron chi connectivity index (χ0n) is 53.7. The molecule has 0 heterocycles. The van der Waals surface area contributed by atoms with Gasteiger partial charge in [0, 0.05) is 19.3 Å². The second-order valence-electron chi connectivity index (χ2n) is 22.7. The molecule has 0 aliphatic rings. The van der Waals surface area contributed by atoms with Crippen molar-refractivity contribution in [2.75, 3.05) is 13.2 Å². The number of ether oxygens (including phenoxy) is 3. The third-order valence-electron chi connectivity index (χ3n) is 14.7. The molecule has 0 bridgehead atoms. The molecule has 0 aromatic rings. The fourth-order valence-electron chi connectivity index (χ4n) is 9.62. The van der Waals surface area contributed by atoms with E-state index >= 15 is 0 Å². The van der Waals surface area contributed by atoms with E-state index in [2.05, 4.69) is 142 Å². The van der Waals surface area contributed by atoms with Gasteiger partial charge < -0.3 is 14.2 Å². The zero-order chi connectivity index (χ0) is 59.2. The topological polar surface area (TPSA) is 78.9 Å². The predicted octanol–water partition coefficient (Wildman–Crippen LogP) is 23.9. The van der Waals surface area contributed by atoms with Crippen LogP contribution in [0.3, 0.4) is 0 Å². The van der Waals surface area contributed by atoms with Crippen molar-refractivity contribution in [3.63, 3.8) is 0 Å². The summed E-state index contributed by atoms with van der Waals surface area (Å²) in [6.07, 6.45) is 96.7. The summed E-state index contributed by atoms with van der Waals surface area (Å²) in [5, 5.41) is 0. The third kappa shape index (κ3) is 66.6. The van der Waals surface area contributed by atoms with Crippen LogP contribution >= 0.6 is 0 Å². The molecule has 0 aliphatic heterocycles. The number of carbonyl (C=O) groups is 3. The molecule has 6 nitrogen and oxygen atoms in total. The lowest BCUT2D eigenvalue weighted by atomic mass is 10.0. The van der Waals surface area contributed by atoms with Crippen molar-refractivity contribution >= 4 is 17.9 Å². The molecule has 0 saturated carbocycles. The standard InChI is InChI=1S/C76H128O6/c1-4-7-10-13-16-19-21-23-25-27-29-31-33-35-36-37-38-39-40-42-43-45-47-49-51-53-55-57-60-63-66-69-75(78)81-72-73(71-80-74(77)68-65-62-59-18-15-12-9-6-3)82-76(79)70-67-64-61-58-56-54-52-50-48-46-44-41-34-32-30-28-26-24-22-20-17-14-11-8-5-2/h7-8,10-11,16-17,19-20,23-26,29-32,41,44,48,50,73H,4-6,9,12-15,18,21-22,27-28,33-40,42-43,45-47,49,51-72H2,1-3H3/b10-7-,11-8-,19-16-,20-17-,25-23-,26-24-,31-29-,32-30-,44-41-,50-48-. The molecule has 0 spiro atoms. The highest BCUT2D eigenvalue weighted by atomic mass is 16.6. The van der Waals surface area contributed by atoms with Gasteiger partial charge in [0.05, 0.1) is 0 Å². The average molecular weight is 1140 g/mol. The van der Waals surface area contributed by atoms with Gasteiger partial charge in [-0.1, -0.05) is 316 Å². The molecular weight excluding hydrogens is 1010 g/mol. The molecule has 0 aromatic heterocycles. The van der Waals surface area contributed by atoms with Crippen molar-refractivity contribution in [2.45, 2.75) is 329 Å². The van der Waals surface area contributed by atoms with Crippen LogP contribution in [0, 0.1) is 0 Å². The largest absolute Gasteiger partial charge is 0.462 e. The number of hydrogen-bond acceptors (Lipinski definition) is 6. The molecule has 0 amide bonds. The van der Waals surface area contributed by atoms with E-state index in [4.69, 9.17) is 14.2 Å². The van der Waals surface area contributed by atoms with Gasteiger partial charge in [-0.05, 0) is 109 Å². The zero-order valence-corrected chi connectivity index (χ0v) is 53.7.